The minimum absolute atomic E-state index is 0.599. The van der Waals surface area contributed by atoms with Crippen LogP contribution in [0.1, 0.15) is 51.4 Å². The molecule has 0 amide bonds. The Balaban J connectivity index is 1.95. The van der Waals surface area contributed by atoms with Crippen LogP contribution in [0.2, 0.25) is 0 Å². The topological polar surface area (TPSA) is 0 Å². The van der Waals surface area contributed by atoms with Gasteiger partial charge in [-0.15, -0.1) is 11.6 Å². The summed E-state index contributed by atoms with van der Waals surface area (Å²) in [6, 6.07) is 0. The summed E-state index contributed by atoms with van der Waals surface area (Å²) in [4.78, 5) is 0. The fourth-order valence-corrected chi connectivity index (χ4v) is 3.48. The first-order valence-corrected chi connectivity index (χ1v) is 5.97. The first-order chi connectivity index (χ1) is 5.87. The van der Waals surface area contributed by atoms with Crippen molar-refractivity contribution >= 4 is 11.6 Å². The molecule has 0 saturated heterocycles. The highest BCUT2D eigenvalue weighted by molar-refractivity contribution is 6.18. The number of rotatable bonds is 2. The Morgan fingerprint density at radius 3 is 2.08 bits per heavy atom. The number of hydrogen-bond acceptors (Lipinski definition) is 0. The molecule has 2 fully saturated rings. The van der Waals surface area contributed by atoms with Gasteiger partial charge >= 0.3 is 0 Å². The van der Waals surface area contributed by atoms with Crippen LogP contribution in [-0.4, -0.2) is 5.88 Å². The molecule has 0 nitrogen and oxygen atoms in total. The summed E-state index contributed by atoms with van der Waals surface area (Å²) in [5, 5.41) is 0. The largest absolute Gasteiger partial charge is 0.126 e. The zero-order chi connectivity index (χ0) is 8.44. The molecule has 0 N–H and O–H groups in total. The second-order valence-electron chi connectivity index (χ2n) is 4.68. The van der Waals surface area contributed by atoms with Gasteiger partial charge in [0.25, 0.3) is 0 Å². The summed E-state index contributed by atoms with van der Waals surface area (Å²) in [7, 11) is 0. The average Bonchev–Trinajstić information content (AvgIpc) is 2.05. The molecular formula is C11H19Cl. The highest BCUT2D eigenvalue weighted by atomic mass is 35.5. The molecule has 0 bridgehead atoms. The van der Waals surface area contributed by atoms with Gasteiger partial charge < -0.3 is 0 Å². The molecule has 0 aromatic heterocycles. The third-order valence-corrected chi connectivity index (χ3v) is 4.62. The Morgan fingerprint density at radius 2 is 1.67 bits per heavy atom. The highest BCUT2D eigenvalue weighted by Crippen LogP contribution is 2.52. The Bertz CT molecular complexity index is 138. The molecule has 2 aliphatic carbocycles. The first-order valence-electron chi connectivity index (χ1n) is 5.43. The van der Waals surface area contributed by atoms with Gasteiger partial charge in [-0.25, -0.2) is 0 Å². The summed E-state index contributed by atoms with van der Waals surface area (Å²) in [6.07, 6.45) is 11.6. The molecule has 2 rings (SSSR count). The minimum atomic E-state index is 0.599. The van der Waals surface area contributed by atoms with E-state index in [1.165, 1.54) is 51.4 Å². The minimum Gasteiger partial charge on any atom is -0.126 e. The lowest BCUT2D eigenvalue weighted by Gasteiger charge is -2.48. The van der Waals surface area contributed by atoms with Crippen molar-refractivity contribution in [2.24, 2.45) is 11.3 Å². The van der Waals surface area contributed by atoms with Crippen LogP contribution in [0.25, 0.3) is 0 Å². The molecule has 0 aromatic rings. The molecule has 0 spiro atoms. The molecule has 2 saturated carbocycles. The molecule has 70 valence electrons. The summed E-state index contributed by atoms with van der Waals surface area (Å²) in [5.74, 6) is 1.91. The van der Waals surface area contributed by atoms with E-state index < -0.39 is 0 Å². The molecule has 0 aliphatic heterocycles. The van der Waals surface area contributed by atoms with Crippen LogP contribution in [0.5, 0.6) is 0 Å². The first kappa shape index (κ1) is 8.87. The maximum atomic E-state index is 6.09. The second kappa shape index (κ2) is 3.57. The van der Waals surface area contributed by atoms with Crippen molar-refractivity contribution in [2.75, 3.05) is 5.88 Å². The van der Waals surface area contributed by atoms with Gasteiger partial charge in [0.05, 0.1) is 0 Å². The van der Waals surface area contributed by atoms with E-state index in [9.17, 15) is 0 Å². The predicted molar refractivity (Wildman–Crippen MR) is 53.6 cm³/mol. The van der Waals surface area contributed by atoms with Crippen molar-refractivity contribution in [3.8, 4) is 0 Å². The molecule has 0 aromatic carbocycles. The Kier molecular flexibility index (Phi) is 2.64. The third kappa shape index (κ3) is 1.39. The summed E-state index contributed by atoms with van der Waals surface area (Å²) in [6.45, 7) is 0. The van der Waals surface area contributed by atoms with Crippen LogP contribution in [-0.2, 0) is 0 Å². The Morgan fingerprint density at radius 1 is 1.00 bits per heavy atom. The third-order valence-electron chi connectivity index (χ3n) is 4.09. The summed E-state index contributed by atoms with van der Waals surface area (Å²) < 4.78 is 0. The van der Waals surface area contributed by atoms with E-state index in [0.717, 1.165) is 11.8 Å². The van der Waals surface area contributed by atoms with Gasteiger partial charge in [0.2, 0.25) is 0 Å². The van der Waals surface area contributed by atoms with E-state index >= 15 is 0 Å². The van der Waals surface area contributed by atoms with Crippen molar-refractivity contribution in [2.45, 2.75) is 51.4 Å². The van der Waals surface area contributed by atoms with E-state index in [1.807, 2.05) is 0 Å². The van der Waals surface area contributed by atoms with Crippen LogP contribution in [0, 0.1) is 11.3 Å². The predicted octanol–water partition coefficient (Wildman–Crippen LogP) is 3.98. The molecule has 1 heteroatoms. The van der Waals surface area contributed by atoms with Crippen molar-refractivity contribution in [1.29, 1.82) is 0 Å². The van der Waals surface area contributed by atoms with Gasteiger partial charge in [-0.05, 0) is 37.0 Å². The van der Waals surface area contributed by atoms with Crippen molar-refractivity contribution in [1.82, 2.24) is 0 Å². The molecule has 12 heavy (non-hydrogen) atoms. The lowest BCUT2D eigenvalue weighted by atomic mass is 9.59. The number of halogens is 1. The van der Waals surface area contributed by atoms with E-state index in [2.05, 4.69) is 0 Å². The summed E-state index contributed by atoms with van der Waals surface area (Å²) in [5.41, 5.74) is 0.599. The van der Waals surface area contributed by atoms with Crippen molar-refractivity contribution < 1.29 is 0 Å². The average molecular weight is 187 g/mol. The van der Waals surface area contributed by atoms with Crippen molar-refractivity contribution in [3.05, 3.63) is 0 Å². The second-order valence-corrected chi connectivity index (χ2v) is 4.95. The van der Waals surface area contributed by atoms with Crippen LogP contribution < -0.4 is 0 Å². The van der Waals surface area contributed by atoms with Gasteiger partial charge in [0, 0.05) is 5.88 Å². The van der Waals surface area contributed by atoms with E-state index in [0.29, 0.717) is 5.41 Å². The maximum absolute atomic E-state index is 6.09. The zero-order valence-electron chi connectivity index (χ0n) is 7.82. The van der Waals surface area contributed by atoms with Gasteiger partial charge in [0.15, 0.2) is 0 Å². The molecule has 0 unspecified atom stereocenters. The lowest BCUT2D eigenvalue weighted by molar-refractivity contribution is 0.0502. The van der Waals surface area contributed by atoms with Crippen LogP contribution in [0.4, 0.5) is 0 Å². The van der Waals surface area contributed by atoms with E-state index in [-0.39, 0.29) is 0 Å². The zero-order valence-corrected chi connectivity index (χ0v) is 8.58. The quantitative estimate of drug-likeness (QED) is 0.573. The molecule has 0 radical (unpaired) electrons. The lowest BCUT2D eigenvalue weighted by Crippen LogP contribution is -2.40. The van der Waals surface area contributed by atoms with Gasteiger partial charge in [-0.1, -0.05) is 25.7 Å². The molecule has 2 aliphatic rings. The Labute approximate surface area is 80.7 Å². The van der Waals surface area contributed by atoms with Crippen LogP contribution >= 0.6 is 11.6 Å². The number of hydrogen-bond donors (Lipinski definition) is 0. The summed E-state index contributed by atoms with van der Waals surface area (Å²) >= 11 is 6.09. The van der Waals surface area contributed by atoms with E-state index in [1.54, 1.807) is 0 Å². The fraction of sp³-hybridized carbons (Fsp3) is 1.00. The molecular weight excluding hydrogens is 168 g/mol. The van der Waals surface area contributed by atoms with Gasteiger partial charge in [-0.3, -0.25) is 0 Å². The van der Waals surface area contributed by atoms with Gasteiger partial charge in [-0.2, -0.15) is 0 Å². The monoisotopic (exact) mass is 186 g/mol. The normalized spacial score (nSPS) is 29.8. The smallest absolute Gasteiger partial charge is 0.0282 e. The van der Waals surface area contributed by atoms with Gasteiger partial charge in [0.1, 0.15) is 0 Å². The van der Waals surface area contributed by atoms with Crippen LogP contribution in [0.3, 0.4) is 0 Å². The molecule has 0 heterocycles. The highest BCUT2D eigenvalue weighted by Gasteiger charge is 2.42. The molecule has 0 atom stereocenters. The maximum Gasteiger partial charge on any atom is 0.0282 e. The fourth-order valence-electron chi connectivity index (χ4n) is 3.00. The van der Waals surface area contributed by atoms with E-state index in [4.69, 9.17) is 11.6 Å². The SMILES string of the molecule is ClCC1(C2CCCCC2)CCC1. The Hall–Kier alpha value is 0.290. The number of alkyl halides is 1. The standard InChI is InChI=1S/C11H19Cl/c12-9-11(7-4-8-11)10-5-2-1-3-6-10/h10H,1-9H2. The van der Waals surface area contributed by atoms with Crippen molar-refractivity contribution in [3.63, 3.8) is 0 Å². The van der Waals surface area contributed by atoms with Crippen LogP contribution in [0.15, 0.2) is 0 Å².